The third kappa shape index (κ3) is 6.06. The van der Waals surface area contributed by atoms with Gasteiger partial charge in [0.25, 0.3) is 0 Å². The molecule has 0 bridgehead atoms. The molecule has 1 aromatic rings. The Morgan fingerprint density at radius 3 is 2.58 bits per heavy atom. The summed E-state index contributed by atoms with van der Waals surface area (Å²) in [5, 5.41) is 0. The molecule has 108 valence electrons. The van der Waals surface area contributed by atoms with E-state index in [1.807, 2.05) is 12.1 Å². The van der Waals surface area contributed by atoms with Crippen LogP contribution >= 0.6 is 0 Å². The Hall–Kier alpha value is -1.09. The number of unbranched alkanes of at least 4 members (excludes halogenated alkanes) is 3. The molecule has 0 saturated carbocycles. The summed E-state index contributed by atoms with van der Waals surface area (Å²) in [5.41, 5.74) is 6.87. The second-order valence-electron chi connectivity index (χ2n) is 5.21. The van der Waals surface area contributed by atoms with Crippen LogP contribution in [0.3, 0.4) is 0 Å². The molecule has 0 spiro atoms. The number of rotatable bonds is 9. The lowest BCUT2D eigenvalue weighted by Gasteiger charge is -2.15. The van der Waals surface area contributed by atoms with Crippen LogP contribution in [0.2, 0.25) is 0 Å². The van der Waals surface area contributed by atoms with Crippen molar-refractivity contribution in [3.05, 3.63) is 24.0 Å². The first-order chi connectivity index (χ1) is 9.17. The van der Waals surface area contributed by atoms with Crippen LogP contribution in [-0.4, -0.2) is 11.1 Å². The fraction of sp³-hybridized carbons (Fsp3) is 0.688. The lowest BCUT2D eigenvalue weighted by molar-refractivity contribution is 0.205. The van der Waals surface area contributed by atoms with Crippen LogP contribution in [0.25, 0.3) is 0 Å². The summed E-state index contributed by atoms with van der Waals surface area (Å²) >= 11 is 0. The molecule has 2 atom stereocenters. The average molecular weight is 264 g/mol. The first kappa shape index (κ1) is 16.0. The minimum Gasteiger partial charge on any atom is -0.489 e. The highest BCUT2D eigenvalue weighted by Gasteiger charge is 2.07. The highest BCUT2D eigenvalue weighted by Crippen LogP contribution is 2.17. The summed E-state index contributed by atoms with van der Waals surface area (Å²) < 4.78 is 5.86. The molecular weight excluding hydrogens is 236 g/mol. The van der Waals surface area contributed by atoms with E-state index >= 15 is 0 Å². The number of pyridine rings is 1. The van der Waals surface area contributed by atoms with E-state index in [-0.39, 0.29) is 12.1 Å². The van der Waals surface area contributed by atoms with E-state index in [0.717, 1.165) is 24.3 Å². The Bertz CT molecular complexity index is 337. The largest absolute Gasteiger partial charge is 0.489 e. The van der Waals surface area contributed by atoms with Gasteiger partial charge in [-0.1, -0.05) is 33.1 Å². The lowest BCUT2D eigenvalue weighted by atomic mass is 10.1. The van der Waals surface area contributed by atoms with Gasteiger partial charge in [-0.25, -0.2) is 0 Å². The van der Waals surface area contributed by atoms with Crippen molar-refractivity contribution in [2.75, 3.05) is 0 Å². The van der Waals surface area contributed by atoms with Gasteiger partial charge < -0.3 is 10.5 Å². The van der Waals surface area contributed by atoms with Gasteiger partial charge in [0, 0.05) is 6.04 Å². The summed E-state index contributed by atoms with van der Waals surface area (Å²) in [6.07, 6.45) is 9.18. The van der Waals surface area contributed by atoms with E-state index in [1.54, 1.807) is 6.20 Å². The normalized spacial score (nSPS) is 14.1. The summed E-state index contributed by atoms with van der Waals surface area (Å²) in [5.74, 6) is 0.843. The van der Waals surface area contributed by atoms with Crippen LogP contribution in [0, 0.1) is 0 Å². The topological polar surface area (TPSA) is 48.1 Å². The Morgan fingerprint density at radius 1 is 1.21 bits per heavy atom. The summed E-state index contributed by atoms with van der Waals surface area (Å²) in [4.78, 5) is 4.36. The van der Waals surface area contributed by atoms with Crippen molar-refractivity contribution >= 4 is 0 Å². The minimum atomic E-state index is 0.0283. The zero-order valence-corrected chi connectivity index (χ0v) is 12.6. The van der Waals surface area contributed by atoms with Gasteiger partial charge in [-0.15, -0.1) is 0 Å². The number of aromatic nitrogens is 1. The molecule has 1 unspecified atom stereocenters. The molecule has 0 radical (unpaired) electrons. The van der Waals surface area contributed by atoms with Gasteiger partial charge in [0.2, 0.25) is 0 Å². The molecule has 1 heterocycles. The molecule has 0 aliphatic rings. The van der Waals surface area contributed by atoms with Gasteiger partial charge >= 0.3 is 0 Å². The molecule has 0 aliphatic carbocycles. The van der Waals surface area contributed by atoms with Gasteiger partial charge in [-0.05, 0) is 38.3 Å². The molecule has 0 aromatic carbocycles. The van der Waals surface area contributed by atoms with E-state index in [4.69, 9.17) is 10.5 Å². The molecule has 3 heteroatoms. The monoisotopic (exact) mass is 264 g/mol. The Labute approximate surface area is 117 Å². The maximum atomic E-state index is 5.94. The smallest absolute Gasteiger partial charge is 0.138 e. The van der Waals surface area contributed by atoms with Gasteiger partial charge in [-0.3, -0.25) is 4.98 Å². The molecule has 0 amide bonds. The van der Waals surface area contributed by atoms with Crippen LogP contribution < -0.4 is 10.5 Å². The standard InChI is InChI=1S/C16H28N2O/c1-4-6-7-8-9-13(3)19-14-10-11-16(18-12-14)15(17)5-2/h10-13,15H,4-9,17H2,1-3H3/t13?,15-/m0/s1. The van der Waals surface area contributed by atoms with Crippen molar-refractivity contribution < 1.29 is 4.74 Å². The SMILES string of the molecule is CCCCCCC(C)Oc1ccc([C@@H](N)CC)nc1. The second-order valence-corrected chi connectivity index (χ2v) is 5.21. The maximum absolute atomic E-state index is 5.94. The van der Waals surface area contributed by atoms with Crippen LogP contribution in [0.15, 0.2) is 18.3 Å². The van der Waals surface area contributed by atoms with Crippen molar-refractivity contribution in [3.8, 4) is 5.75 Å². The molecule has 2 N–H and O–H groups in total. The zero-order valence-electron chi connectivity index (χ0n) is 12.6. The van der Waals surface area contributed by atoms with Crippen LogP contribution in [0.1, 0.15) is 71.0 Å². The van der Waals surface area contributed by atoms with Gasteiger partial charge in [0.15, 0.2) is 0 Å². The fourth-order valence-electron chi connectivity index (χ4n) is 2.04. The first-order valence-electron chi connectivity index (χ1n) is 7.55. The van der Waals surface area contributed by atoms with E-state index < -0.39 is 0 Å². The van der Waals surface area contributed by atoms with Gasteiger partial charge in [0.1, 0.15) is 5.75 Å². The number of hydrogen-bond acceptors (Lipinski definition) is 3. The fourth-order valence-corrected chi connectivity index (χ4v) is 2.04. The molecule has 1 rings (SSSR count). The minimum absolute atomic E-state index is 0.0283. The number of nitrogens with two attached hydrogens (primary N) is 1. The lowest BCUT2D eigenvalue weighted by Crippen LogP contribution is -2.13. The third-order valence-corrected chi connectivity index (χ3v) is 3.38. The molecule has 0 aliphatic heterocycles. The second kappa shape index (κ2) is 8.92. The summed E-state index contributed by atoms with van der Waals surface area (Å²) in [6, 6.07) is 3.97. The molecular formula is C16H28N2O. The maximum Gasteiger partial charge on any atom is 0.138 e. The first-order valence-corrected chi connectivity index (χ1v) is 7.55. The molecule has 1 aromatic heterocycles. The molecule has 0 saturated heterocycles. The van der Waals surface area contributed by atoms with E-state index in [2.05, 4.69) is 25.8 Å². The van der Waals surface area contributed by atoms with Crippen molar-refractivity contribution in [2.45, 2.75) is 71.4 Å². The van der Waals surface area contributed by atoms with E-state index in [9.17, 15) is 0 Å². The third-order valence-electron chi connectivity index (χ3n) is 3.38. The average Bonchev–Trinajstić information content (AvgIpc) is 2.43. The van der Waals surface area contributed by atoms with Crippen LogP contribution in [-0.2, 0) is 0 Å². The summed E-state index contributed by atoms with van der Waals surface area (Å²) in [6.45, 7) is 6.42. The van der Waals surface area contributed by atoms with Gasteiger partial charge in [0.05, 0.1) is 18.0 Å². The number of nitrogens with zero attached hydrogens (tertiary/aromatic N) is 1. The predicted octanol–water partition coefficient (Wildman–Crippen LogP) is 4.23. The van der Waals surface area contributed by atoms with Crippen molar-refractivity contribution in [1.82, 2.24) is 4.98 Å². The van der Waals surface area contributed by atoms with Gasteiger partial charge in [-0.2, -0.15) is 0 Å². The highest BCUT2D eigenvalue weighted by molar-refractivity contribution is 5.21. The zero-order chi connectivity index (χ0) is 14.1. The molecule has 0 fully saturated rings. The Balaban J connectivity index is 2.36. The van der Waals surface area contributed by atoms with Crippen LogP contribution in [0.5, 0.6) is 5.75 Å². The quantitative estimate of drug-likeness (QED) is 0.679. The predicted molar refractivity (Wildman–Crippen MR) is 80.3 cm³/mol. The Morgan fingerprint density at radius 2 is 2.00 bits per heavy atom. The van der Waals surface area contributed by atoms with Crippen molar-refractivity contribution in [3.63, 3.8) is 0 Å². The van der Waals surface area contributed by atoms with Crippen molar-refractivity contribution in [2.24, 2.45) is 5.73 Å². The number of ether oxygens (including phenoxy) is 1. The van der Waals surface area contributed by atoms with E-state index in [0.29, 0.717) is 0 Å². The van der Waals surface area contributed by atoms with Crippen LogP contribution in [0.4, 0.5) is 0 Å². The van der Waals surface area contributed by atoms with Crippen molar-refractivity contribution in [1.29, 1.82) is 0 Å². The molecule has 3 nitrogen and oxygen atoms in total. The molecule has 19 heavy (non-hydrogen) atoms. The Kier molecular flexibility index (Phi) is 7.49. The highest BCUT2D eigenvalue weighted by atomic mass is 16.5. The van der Waals surface area contributed by atoms with E-state index in [1.165, 1.54) is 25.7 Å². The summed E-state index contributed by atoms with van der Waals surface area (Å²) in [7, 11) is 0. The number of hydrogen-bond donors (Lipinski definition) is 1.